The van der Waals surface area contributed by atoms with E-state index >= 15 is 0 Å². The Morgan fingerprint density at radius 2 is 2.24 bits per heavy atom. The highest BCUT2D eigenvalue weighted by Crippen LogP contribution is 2.15. The lowest BCUT2D eigenvalue weighted by Crippen LogP contribution is -2.42. The average molecular weight is 272 g/mol. The molecule has 1 aromatic heterocycles. The Hall–Kier alpha value is -1.08. The summed E-state index contributed by atoms with van der Waals surface area (Å²) in [6.07, 6.45) is 0.691. The summed E-state index contributed by atoms with van der Waals surface area (Å²) in [6, 6.07) is 0.0378. The van der Waals surface area contributed by atoms with Crippen LogP contribution in [0.15, 0.2) is 0 Å². The number of carbonyl (C=O) groups excluding carboxylic acids is 1. The number of thiocarbonyl (C=S) groups is 1. The van der Waals surface area contributed by atoms with Gasteiger partial charge >= 0.3 is 0 Å². The van der Waals surface area contributed by atoms with Crippen molar-refractivity contribution in [2.45, 2.75) is 33.2 Å². The number of amides is 1. The van der Waals surface area contributed by atoms with Crippen molar-refractivity contribution in [3.63, 3.8) is 0 Å². The molecule has 5 nitrogen and oxygen atoms in total. The Kier molecular flexibility index (Phi) is 4.95. The molecule has 0 fully saturated rings. The van der Waals surface area contributed by atoms with Gasteiger partial charge in [0.25, 0.3) is 5.91 Å². The maximum atomic E-state index is 12.3. The highest BCUT2D eigenvalue weighted by molar-refractivity contribution is 7.80. The summed E-state index contributed by atoms with van der Waals surface area (Å²) in [7, 11) is 0. The molecule has 1 rings (SSSR count). The SMILES string of the molecule is CCc1nnsc1C(=O)N(CC(N)=S)C(C)C. The first-order chi connectivity index (χ1) is 7.97. The molecule has 0 unspecified atom stereocenters. The fourth-order valence-electron chi connectivity index (χ4n) is 1.39. The Morgan fingerprint density at radius 3 is 2.71 bits per heavy atom. The number of rotatable bonds is 5. The van der Waals surface area contributed by atoms with Crippen LogP contribution in [0.5, 0.6) is 0 Å². The van der Waals surface area contributed by atoms with E-state index in [2.05, 4.69) is 9.59 Å². The molecule has 0 aliphatic heterocycles. The van der Waals surface area contributed by atoms with E-state index in [0.717, 1.165) is 17.2 Å². The van der Waals surface area contributed by atoms with Crippen molar-refractivity contribution in [3.8, 4) is 0 Å². The second-order valence-corrected chi connectivity index (χ2v) is 5.17. The van der Waals surface area contributed by atoms with E-state index in [-0.39, 0.29) is 18.5 Å². The molecular weight excluding hydrogens is 256 g/mol. The number of hydrogen-bond donors (Lipinski definition) is 1. The second kappa shape index (κ2) is 6.02. The molecule has 0 radical (unpaired) electrons. The van der Waals surface area contributed by atoms with Crippen molar-refractivity contribution in [1.82, 2.24) is 14.5 Å². The number of nitrogens with two attached hydrogens (primary N) is 1. The minimum atomic E-state index is -0.0975. The van der Waals surface area contributed by atoms with E-state index in [9.17, 15) is 4.79 Å². The van der Waals surface area contributed by atoms with Gasteiger partial charge in [-0.25, -0.2) is 0 Å². The van der Waals surface area contributed by atoms with E-state index in [0.29, 0.717) is 16.3 Å². The van der Waals surface area contributed by atoms with Crippen LogP contribution in [0.1, 0.15) is 36.1 Å². The van der Waals surface area contributed by atoms with Crippen LogP contribution in [-0.4, -0.2) is 38.0 Å². The molecule has 1 aromatic rings. The van der Waals surface area contributed by atoms with E-state index in [1.54, 1.807) is 4.90 Å². The van der Waals surface area contributed by atoms with Crippen LogP contribution in [0.25, 0.3) is 0 Å². The summed E-state index contributed by atoms with van der Waals surface area (Å²) >= 11 is 5.98. The third kappa shape index (κ3) is 3.44. The molecule has 0 aromatic carbocycles. The van der Waals surface area contributed by atoms with Gasteiger partial charge in [-0.1, -0.05) is 23.6 Å². The van der Waals surface area contributed by atoms with E-state index in [4.69, 9.17) is 18.0 Å². The van der Waals surface area contributed by atoms with Crippen molar-refractivity contribution in [2.24, 2.45) is 5.73 Å². The van der Waals surface area contributed by atoms with Crippen LogP contribution in [0.2, 0.25) is 0 Å². The molecule has 0 spiro atoms. The smallest absolute Gasteiger partial charge is 0.268 e. The Balaban J connectivity index is 2.95. The highest BCUT2D eigenvalue weighted by atomic mass is 32.1. The number of hydrogen-bond acceptors (Lipinski definition) is 5. The molecule has 7 heteroatoms. The fraction of sp³-hybridized carbons (Fsp3) is 0.600. The quantitative estimate of drug-likeness (QED) is 0.816. The van der Waals surface area contributed by atoms with Gasteiger partial charge < -0.3 is 10.6 Å². The van der Waals surface area contributed by atoms with Gasteiger partial charge in [0.05, 0.1) is 17.2 Å². The topological polar surface area (TPSA) is 72.1 Å². The van der Waals surface area contributed by atoms with Crippen molar-refractivity contribution >= 4 is 34.6 Å². The average Bonchev–Trinajstić information content (AvgIpc) is 2.72. The van der Waals surface area contributed by atoms with Gasteiger partial charge in [0.2, 0.25) is 0 Å². The molecule has 1 amide bonds. The monoisotopic (exact) mass is 272 g/mol. The van der Waals surface area contributed by atoms with Crippen molar-refractivity contribution < 1.29 is 4.79 Å². The molecule has 1 heterocycles. The predicted octanol–water partition coefficient (Wildman–Crippen LogP) is 1.24. The van der Waals surface area contributed by atoms with E-state index in [1.807, 2.05) is 20.8 Å². The maximum absolute atomic E-state index is 12.3. The molecule has 0 saturated carbocycles. The summed E-state index contributed by atoms with van der Waals surface area (Å²) in [5, 5.41) is 3.93. The fourth-order valence-corrected chi connectivity index (χ4v) is 2.24. The molecule has 2 N–H and O–H groups in total. The minimum absolute atomic E-state index is 0.0378. The number of nitrogens with zero attached hydrogens (tertiary/aromatic N) is 3. The lowest BCUT2D eigenvalue weighted by molar-refractivity contribution is 0.0740. The molecule has 0 saturated heterocycles. The summed E-state index contributed by atoms with van der Waals surface area (Å²) in [5.41, 5.74) is 6.23. The summed E-state index contributed by atoms with van der Waals surface area (Å²) < 4.78 is 3.81. The van der Waals surface area contributed by atoms with Crippen LogP contribution in [0, 0.1) is 0 Å². The number of carbonyl (C=O) groups is 1. The normalized spacial score (nSPS) is 10.6. The highest BCUT2D eigenvalue weighted by Gasteiger charge is 2.24. The van der Waals surface area contributed by atoms with Crippen LogP contribution in [-0.2, 0) is 6.42 Å². The van der Waals surface area contributed by atoms with Gasteiger partial charge in [0, 0.05) is 6.04 Å². The minimum Gasteiger partial charge on any atom is -0.392 e. The standard InChI is InChI=1S/C10H16N4OS2/c1-4-7-9(17-13-12-7)10(15)14(6(2)3)5-8(11)16/h6H,4-5H2,1-3H3,(H2,11,16). The van der Waals surface area contributed by atoms with Gasteiger partial charge in [-0.15, -0.1) is 5.10 Å². The van der Waals surface area contributed by atoms with Crippen LogP contribution in [0.4, 0.5) is 0 Å². The van der Waals surface area contributed by atoms with Gasteiger partial charge in [0.15, 0.2) is 0 Å². The molecule has 94 valence electrons. The van der Waals surface area contributed by atoms with Crippen LogP contribution in [0.3, 0.4) is 0 Å². The Bertz CT molecular complexity index is 416. The lowest BCUT2D eigenvalue weighted by Gasteiger charge is -2.25. The lowest BCUT2D eigenvalue weighted by atomic mass is 10.2. The zero-order chi connectivity index (χ0) is 13.0. The van der Waals surface area contributed by atoms with Gasteiger partial charge in [0.1, 0.15) is 4.88 Å². The van der Waals surface area contributed by atoms with Crippen molar-refractivity contribution in [2.75, 3.05) is 6.54 Å². The third-order valence-electron chi connectivity index (χ3n) is 2.30. The van der Waals surface area contributed by atoms with Crippen molar-refractivity contribution in [1.29, 1.82) is 0 Å². The van der Waals surface area contributed by atoms with Crippen molar-refractivity contribution in [3.05, 3.63) is 10.6 Å². The van der Waals surface area contributed by atoms with Gasteiger partial charge in [-0.2, -0.15) is 0 Å². The van der Waals surface area contributed by atoms with E-state index in [1.165, 1.54) is 0 Å². The summed E-state index contributed by atoms with van der Waals surface area (Å²) in [4.78, 5) is 14.8. The summed E-state index contributed by atoms with van der Waals surface area (Å²) in [5.74, 6) is -0.0975. The Morgan fingerprint density at radius 1 is 1.59 bits per heavy atom. The first-order valence-corrected chi connectivity index (χ1v) is 6.56. The zero-order valence-corrected chi connectivity index (χ0v) is 11.8. The molecule has 17 heavy (non-hydrogen) atoms. The molecular formula is C10H16N4OS2. The third-order valence-corrected chi connectivity index (χ3v) is 3.18. The molecule has 0 aliphatic rings. The van der Waals surface area contributed by atoms with E-state index < -0.39 is 0 Å². The van der Waals surface area contributed by atoms with Crippen LogP contribution < -0.4 is 5.73 Å². The first kappa shape index (κ1) is 14.0. The number of aromatic nitrogens is 2. The largest absolute Gasteiger partial charge is 0.392 e. The molecule has 0 aliphatic carbocycles. The summed E-state index contributed by atoms with van der Waals surface area (Å²) in [6.45, 7) is 6.08. The molecule has 0 bridgehead atoms. The van der Waals surface area contributed by atoms with Gasteiger partial charge in [-0.3, -0.25) is 4.79 Å². The Labute approximate surface area is 110 Å². The zero-order valence-electron chi connectivity index (χ0n) is 10.1. The molecule has 0 atom stereocenters. The van der Waals surface area contributed by atoms with Gasteiger partial charge in [-0.05, 0) is 31.8 Å². The predicted molar refractivity (Wildman–Crippen MR) is 72.2 cm³/mol. The first-order valence-electron chi connectivity index (χ1n) is 5.37. The van der Waals surface area contributed by atoms with Crippen LogP contribution >= 0.6 is 23.8 Å². The maximum Gasteiger partial charge on any atom is 0.268 e. The second-order valence-electron chi connectivity index (χ2n) is 3.90. The number of aryl methyl sites for hydroxylation is 1.